The number of nitrogens with zero attached hydrogens (tertiary/aromatic N) is 5. The molecule has 130 valence electrons. The van der Waals surface area contributed by atoms with Crippen molar-refractivity contribution in [3.63, 3.8) is 0 Å². The highest BCUT2D eigenvalue weighted by molar-refractivity contribution is 8.00. The highest BCUT2D eigenvalue weighted by Crippen LogP contribution is 2.33. The Morgan fingerprint density at radius 2 is 2.21 bits per heavy atom. The number of imidazole rings is 1. The van der Waals surface area contributed by atoms with E-state index in [9.17, 15) is 4.79 Å². The van der Waals surface area contributed by atoms with Crippen LogP contribution in [0.2, 0.25) is 0 Å². The molecule has 1 atom stereocenters. The Bertz CT molecular complexity index is 739. The van der Waals surface area contributed by atoms with Crippen molar-refractivity contribution in [2.45, 2.75) is 37.2 Å². The molecule has 1 fully saturated rings. The molecule has 0 unspecified atom stereocenters. The van der Waals surface area contributed by atoms with Crippen molar-refractivity contribution in [3.8, 4) is 0 Å². The molecular weight excluding hydrogens is 326 g/mol. The third kappa shape index (κ3) is 3.21. The molecule has 0 N–H and O–H groups in total. The molecule has 2 aromatic rings. The van der Waals surface area contributed by atoms with Gasteiger partial charge in [-0.2, -0.15) is 5.10 Å². The maximum atomic E-state index is 12.7. The minimum Gasteiger partial charge on any atom is -0.383 e. The first-order valence-corrected chi connectivity index (χ1v) is 8.88. The van der Waals surface area contributed by atoms with Crippen LogP contribution in [-0.2, 0) is 23.1 Å². The van der Waals surface area contributed by atoms with E-state index in [4.69, 9.17) is 4.74 Å². The average molecular weight is 349 g/mol. The molecular formula is C16H23N5O2S. The average Bonchev–Trinajstić information content (AvgIpc) is 3.20. The Hall–Kier alpha value is -1.80. The molecule has 0 spiro atoms. The van der Waals surface area contributed by atoms with E-state index in [1.54, 1.807) is 29.8 Å². The molecule has 1 aliphatic heterocycles. The van der Waals surface area contributed by atoms with E-state index in [0.717, 1.165) is 41.7 Å². The summed E-state index contributed by atoms with van der Waals surface area (Å²) in [6, 6.07) is 0. The van der Waals surface area contributed by atoms with E-state index < -0.39 is 0 Å². The molecule has 0 aliphatic carbocycles. The molecule has 1 amide bonds. The van der Waals surface area contributed by atoms with Gasteiger partial charge in [0.1, 0.15) is 0 Å². The number of rotatable bonds is 6. The molecule has 0 aromatic carbocycles. The monoisotopic (exact) mass is 349 g/mol. The molecule has 1 saturated heterocycles. The van der Waals surface area contributed by atoms with Gasteiger partial charge in [0.25, 0.3) is 0 Å². The summed E-state index contributed by atoms with van der Waals surface area (Å²) in [5.41, 5.74) is 2.99. The van der Waals surface area contributed by atoms with Crippen LogP contribution >= 0.6 is 11.8 Å². The van der Waals surface area contributed by atoms with Gasteiger partial charge < -0.3 is 14.2 Å². The fourth-order valence-electron chi connectivity index (χ4n) is 2.85. The molecule has 3 rings (SSSR count). The first-order chi connectivity index (χ1) is 11.5. The Labute approximate surface area is 146 Å². The van der Waals surface area contributed by atoms with Gasteiger partial charge in [0, 0.05) is 39.1 Å². The minimum atomic E-state index is -0.104. The van der Waals surface area contributed by atoms with Crippen molar-refractivity contribution in [1.82, 2.24) is 19.3 Å². The summed E-state index contributed by atoms with van der Waals surface area (Å²) in [5, 5.41) is 4.95. The summed E-state index contributed by atoms with van der Waals surface area (Å²) < 4.78 is 9.05. The van der Waals surface area contributed by atoms with Gasteiger partial charge in [-0.1, -0.05) is 11.8 Å². The molecule has 0 radical (unpaired) electrons. The fourth-order valence-corrected chi connectivity index (χ4v) is 4.10. The van der Waals surface area contributed by atoms with Crippen LogP contribution in [0.25, 0.3) is 0 Å². The number of carbonyl (C=O) groups is 1. The lowest BCUT2D eigenvalue weighted by atomic mass is 10.4. The lowest BCUT2D eigenvalue weighted by Gasteiger charge is -2.14. The number of aromatic nitrogens is 4. The second-order valence-electron chi connectivity index (χ2n) is 5.97. The molecule has 24 heavy (non-hydrogen) atoms. The van der Waals surface area contributed by atoms with Crippen LogP contribution in [0.15, 0.2) is 17.6 Å². The second kappa shape index (κ2) is 6.98. The van der Waals surface area contributed by atoms with Crippen molar-refractivity contribution in [3.05, 3.63) is 23.8 Å². The second-order valence-corrected chi connectivity index (χ2v) is 7.14. The van der Waals surface area contributed by atoms with Crippen LogP contribution < -0.4 is 4.90 Å². The van der Waals surface area contributed by atoms with Crippen molar-refractivity contribution < 1.29 is 9.53 Å². The van der Waals surface area contributed by atoms with Gasteiger partial charge in [-0.25, -0.2) is 4.98 Å². The number of carbonyl (C=O) groups excluding carboxylic acids is 1. The van der Waals surface area contributed by atoms with Crippen LogP contribution in [0, 0.1) is 13.8 Å². The smallest absolute Gasteiger partial charge is 0.240 e. The lowest BCUT2D eigenvalue weighted by Crippen LogP contribution is -2.27. The zero-order valence-corrected chi connectivity index (χ0v) is 15.3. The quantitative estimate of drug-likeness (QED) is 0.795. The molecule has 0 bridgehead atoms. The zero-order valence-electron chi connectivity index (χ0n) is 14.5. The van der Waals surface area contributed by atoms with E-state index in [1.807, 2.05) is 25.1 Å². The first-order valence-electron chi connectivity index (χ1n) is 8.00. The first kappa shape index (κ1) is 17.0. The predicted molar refractivity (Wildman–Crippen MR) is 93.4 cm³/mol. The third-order valence-electron chi connectivity index (χ3n) is 4.35. The van der Waals surface area contributed by atoms with Crippen LogP contribution in [0.3, 0.4) is 0 Å². The highest BCUT2D eigenvalue weighted by atomic mass is 32.2. The number of amides is 1. The van der Waals surface area contributed by atoms with Gasteiger partial charge >= 0.3 is 0 Å². The van der Waals surface area contributed by atoms with Crippen LogP contribution in [0.5, 0.6) is 0 Å². The Kier molecular flexibility index (Phi) is 4.96. The number of thioether (sulfide) groups is 1. The maximum absolute atomic E-state index is 12.7. The van der Waals surface area contributed by atoms with Crippen LogP contribution in [0.1, 0.15) is 17.8 Å². The van der Waals surface area contributed by atoms with Gasteiger partial charge in [-0.05, 0) is 20.3 Å². The van der Waals surface area contributed by atoms with E-state index in [0.29, 0.717) is 6.61 Å². The van der Waals surface area contributed by atoms with Gasteiger partial charge in [0.2, 0.25) is 5.91 Å². The molecule has 3 heterocycles. The largest absolute Gasteiger partial charge is 0.383 e. The summed E-state index contributed by atoms with van der Waals surface area (Å²) >= 11 is 1.55. The number of hydrogen-bond acceptors (Lipinski definition) is 5. The number of anilines is 1. The summed E-state index contributed by atoms with van der Waals surface area (Å²) in [6.45, 7) is 6.16. The standard InChI is InChI=1S/C16H23N5O2S/c1-11-12(2)20(7-8-23-4)16(18-11)24-14-5-6-21(15(14)22)13-9-17-19(3)10-13/h9-10,14H,5-8H2,1-4H3/t14-/m1/s1. The third-order valence-corrected chi connectivity index (χ3v) is 5.59. The maximum Gasteiger partial charge on any atom is 0.240 e. The summed E-state index contributed by atoms with van der Waals surface area (Å²) in [5.74, 6) is 0.129. The Morgan fingerprint density at radius 1 is 1.42 bits per heavy atom. The van der Waals surface area contributed by atoms with Gasteiger partial charge in [0.15, 0.2) is 5.16 Å². The molecule has 2 aromatic heterocycles. The van der Waals surface area contributed by atoms with Crippen molar-refractivity contribution in [1.29, 1.82) is 0 Å². The van der Waals surface area contributed by atoms with Crippen molar-refractivity contribution >= 4 is 23.4 Å². The summed E-state index contributed by atoms with van der Waals surface area (Å²) in [7, 11) is 3.55. The van der Waals surface area contributed by atoms with Gasteiger partial charge in [-0.3, -0.25) is 9.48 Å². The lowest BCUT2D eigenvalue weighted by molar-refractivity contribution is -0.116. The Balaban J connectivity index is 1.75. The molecule has 0 saturated carbocycles. The SMILES string of the molecule is COCCn1c(S[C@@H]2CCN(c3cnn(C)c3)C2=O)nc(C)c1C. The fraction of sp³-hybridized carbons (Fsp3) is 0.562. The summed E-state index contributed by atoms with van der Waals surface area (Å²) in [4.78, 5) is 19.2. The number of aryl methyl sites for hydroxylation is 2. The van der Waals surface area contributed by atoms with E-state index in [-0.39, 0.29) is 11.2 Å². The summed E-state index contributed by atoms with van der Waals surface area (Å²) in [6.07, 6.45) is 4.42. The van der Waals surface area contributed by atoms with Crippen LogP contribution in [0.4, 0.5) is 5.69 Å². The van der Waals surface area contributed by atoms with Gasteiger partial charge in [-0.15, -0.1) is 0 Å². The van der Waals surface area contributed by atoms with E-state index in [1.165, 1.54) is 0 Å². The minimum absolute atomic E-state index is 0.104. The number of hydrogen-bond donors (Lipinski definition) is 0. The molecule has 7 nitrogen and oxygen atoms in total. The number of ether oxygens (including phenoxy) is 1. The number of methoxy groups -OCH3 is 1. The van der Waals surface area contributed by atoms with E-state index in [2.05, 4.69) is 21.6 Å². The van der Waals surface area contributed by atoms with Crippen molar-refractivity contribution in [2.24, 2.45) is 7.05 Å². The molecule has 8 heteroatoms. The highest BCUT2D eigenvalue weighted by Gasteiger charge is 2.35. The predicted octanol–water partition coefficient (Wildman–Crippen LogP) is 1.78. The van der Waals surface area contributed by atoms with Crippen molar-refractivity contribution in [2.75, 3.05) is 25.2 Å². The Morgan fingerprint density at radius 3 is 2.88 bits per heavy atom. The molecule has 1 aliphatic rings. The van der Waals surface area contributed by atoms with E-state index >= 15 is 0 Å². The van der Waals surface area contributed by atoms with Gasteiger partial charge in [0.05, 0.1) is 29.4 Å². The topological polar surface area (TPSA) is 65.2 Å². The normalized spacial score (nSPS) is 17.9. The van der Waals surface area contributed by atoms with Crippen LogP contribution in [-0.4, -0.2) is 50.8 Å². The zero-order chi connectivity index (χ0) is 17.3.